The number of imidazole rings is 1. The molecule has 0 aliphatic heterocycles. The molecule has 3 aromatic heterocycles. The lowest BCUT2D eigenvalue weighted by molar-refractivity contribution is 0.0546. The van der Waals surface area contributed by atoms with Crippen molar-refractivity contribution in [1.29, 1.82) is 0 Å². The number of rotatable bonds is 7. The van der Waals surface area contributed by atoms with Gasteiger partial charge in [-0.1, -0.05) is 0 Å². The Balaban J connectivity index is 1.27. The molecule has 3 atom stereocenters. The van der Waals surface area contributed by atoms with E-state index < -0.39 is 24.3 Å². The van der Waals surface area contributed by atoms with Gasteiger partial charge in [-0.25, -0.2) is 19.2 Å². The summed E-state index contributed by atoms with van der Waals surface area (Å²) < 4.78 is 27.5. The second kappa shape index (κ2) is 8.29. The summed E-state index contributed by atoms with van der Waals surface area (Å²) in [6.45, 7) is 4.24. The lowest BCUT2D eigenvalue weighted by atomic mass is 10.0. The van der Waals surface area contributed by atoms with Gasteiger partial charge in [0.05, 0.1) is 12.3 Å². The van der Waals surface area contributed by atoms with Crippen molar-refractivity contribution in [2.75, 3.05) is 12.4 Å². The van der Waals surface area contributed by atoms with Crippen molar-refractivity contribution in [3.63, 3.8) is 0 Å². The Bertz CT molecular complexity index is 1170. The third-order valence-corrected chi connectivity index (χ3v) is 6.32. The maximum Gasteiger partial charge on any atom is 0.407 e. The Labute approximate surface area is 190 Å². The second-order valence-electron chi connectivity index (χ2n) is 9.21. The summed E-state index contributed by atoms with van der Waals surface area (Å²) in [5.74, 6) is 0.643. The minimum Gasteiger partial charge on any atom is -0.443 e. The van der Waals surface area contributed by atoms with Crippen LogP contribution in [-0.4, -0.2) is 55.6 Å². The maximum absolute atomic E-state index is 15.1. The van der Waals surface area contributed by atoms with E-state index in [1.54, 1.807) is 13.2 Å². The number of methoxy groups -OCH3 is 1. The van der Waals surface area contributed by atoms with E-state index in [9.17, 15) is 4.79 Å². The van der Waals surface area contributed by atoms with Crippen molar-refractivity contribution in [1.82, 2.24) is 29.9 Å². The molecule has 3 N–H and O–H groups in total. The number of alkyl carbamates (subject to hydrolysis) is 1. The quantitative estimate of drug-likeness (QED) is 0.497. The number of carbonyl (C=O) groups excluding carboxylic acids is 1. The van der Waals surface area contributed by atoms with Crippen LogP contribution >= 0.6 is 0 Å². The topological polar surface area (TPSA) is 118 Å². The van der Waals surface area contributed by atoms with Gasteiger partial charge in [0, 0.05) is 48.3 Å². The van der Waals surface area contributed by atoms with E-state index in [2.05, 4.69) is 30.8 Å². The number of anilines is 2. The Kier molecular flexibility index (Phi) is 5.43. The highest BCUT2D eigenvalue weighted by atomic mass is 19.1. The zero-order chi connectivity index (χ0) is 23.2. The molecule has 5 rings (SSSR count). The first-order chi connectivity index (χ1) is 15.8. The van der Waals surface area contributed by atoms with Gasteiger partial charge in [-0.05, 0) is 39.5 Å². The number of ether oxygens (including phenoxy) is 2. The van der Waals surface area contributed by atoms with Crippen molar-refractivity contribution in [2.24, 2.45) is 0 Å². The summed E-state index contributed by atoms with van der Waals surface area (Å²) in [6.07, 6.45) is 2.12. The highest BCUT2D eigenvalue weighted by Gasteiger charge is 2.43. The number of nitrogens with zero attached hydrogens (tertiary/aromatic N) is 4. The monoisotopic (exact) mass is 457 g/mol. The first kappa shape index (κ1) is 21.6. The summed E-state index contributed by atoms with van der Waals surface area (Å²) in [7, 11) is 1.62. The minimum atomic E-state index is -1.30. The first-order valence-electron chi connectivity index (χ1n) is 11.1. The molecule has 2 fully saturated rings. The van der Waals surface area contributed by atoms with Crippen LogP contribution in [0.1, 0.15) is 55.6 Å². The van der Waals surface area contributed by atoms with Crippen LogP contribution in [0.2, 0.25) is 0 Å². The van der Waals surface area contributed by atoms with E-state index in [-0.39, 0.29) is 5.54 Å². The van der Waals surface area contributed by atoms with E-state index in [4.69, 9.17) is 9.47 Å². The molecule has 0 aromatic carbocycles. The molecule has 2 aliphatic carbocycles. The standard InChI is InChI=1S/C22H28FN7O3/c1-12-8-18-25-13(11-32-3)10-30(18)20(24-12)26-17-9-15(28-29-17)14-4-5-16(19(14)23)33-21(31)27-22(2)6-7-22/h8-10,14,16,19H,4-7,11H2,1-3H3,(H,27,31)(H2,24,26,28,29)/t14-,16-,19-/m1/s1. The van der Waals surface area contributed by atoms with Crippen LogP contribution in [-0.2, 0) is 16.1 Å². The number of carbonyl (C=O) groups is 1. The Hall–Kier alpha value is -3.21. The van der Waals surface area contributed by atoms with Crippen molar-refractivity contribution < 1.29 is 18.7 Å². The molecule has 0 spiro atoms. The molecule has 3 aromatic rings. The number of nitrogens with one attached hydrogen (secondary N) is 3. The molecule has 3 heterocycles. The number of fused-ring (bicyclic) bond motifs is 1. The Morgan fingerprint density at radius 1 is 1.33 bits per heavy atom. The SMILES string of the molecule is COCc1cn2c(Nc3cc([C@H]4CC[C@@H](OC(=O)NC5(C)CC5)[C@@H]4F)[nH]n3)nc(C)cc2n1. The number of hydrogen-bond donors (Lipinski definition) is 3. The molecule has 0 saturated heterocycles. The van der Waals surface area contributed by atoms with Crippen LogP contribution in [0.15, 0.2) is 18.3 Å². The van der Waals surface area contributed by atoms with Gasteiger partial charge in [-0.15, -0.1) is 0 Å². The fraction of sp³-hybridized carbons (Fsp3) is 0.545. The summed E-state index contributed by atoms with van der Waals surface area (Å²) in [6, 6.07) is 3.65. The number of aryl methyl sites for hydroxylation is 1. The smallest absolute Gasteiger partial charge is 0.407 e. The van der Waals surface area contributed by atoms with Gasteiger partial charge < -0.3 is 20.1 Å². The summed E-state index contributed by atoms with van der Waals surface area (Å²) >= 11 is 0. The molecule has 0 bridgehead atoms. The normalized spacial score (nSPS) is 23.6. The maximum atomic E-state index is 15.1. The van der Waals surface area contributed by atoms with Gasteiger partial charge in [-0.3, -0.25) is 9.50 Å². The Morgan fingerprint density at radius 2 is 2.15 bits per heavy atom. The van der Waals surface area contributed by atoms with Gasteiger partial charge >= 0.3 is 6.09 Å². The Morgan fingerprint density at radius 3 is 2.91 bits per heavy atom. The predicted molar refractivity (Wildman–Crippen MR) is 118 cm³/mol. The summed E-state index contributed by atoms with van der Waals surface area (Å²) in [4.78, 5) is 21.2. The fourth-order valence-electron chi connectivity index (χ4n) is 4.27. The van der Waals surface area contributed by atoms with Crippen molar-refractivity contribution in [3.05, 3.63) is 35.4 Å². The average Bonchev–Trinajstić information content (AvgIpc) is 3.11. The van der Waals surface area contributed by atoms with Crippen molar-refractivity contribution in [2.45, 2.75) is 69.9 Å². The molecule has 11 heteroatoms. The van der Waals surface area contributed by atoms with Crippen LogP contribution in [0.3, 0.4) is 0 Å². The molecular weight excluding hydrogens is 429 g/mol. The van der Waals surface area contributed by atoms with Crippen LogP contribution in [0.4, 0.5) is 21.0 Å². The number of aromatic amines is 1. The fourth-order valence-corrected chi connectivity index (χ4v) is 4.27. The van der Waals surface area contributed by atoms with E-state index in [0.717, 1.165) is 29.9 Å². The van der Waals surface area contributed by atoms with Gasteiger partial charge in [0.2, 0.25) is 5.95 Å². The van der Waals surface area contributed by atoms with Gasteiger partial charge in [0.1, 0.15) is 17.9 Å². The molecule has 2 aliphatic rings. The van der Waals surface area contributed by atoms with Crippen molar-refractivity contribution in [3.8, 4) is 0 Å². The lowest BCUT2D eigenvalue weighted by Gasteiger charge is -2.19. The number of aromatic nitrogens is 5. The zero-order valence-electron chi connectivity index (χ0n) is 18.9. The van der Waals surface area contributed by atoms with Crippen molar-refractivity contribution >= 4 is 23.5 Å². The largest absolute Gasteiger partial charge is 0.443 e. The third kappa shape index (κ3) is 4.50. The predicted octanol–water partition coefficient (Wildman–Crippen LogP) is 3.51. The highest BCUT2D eigenvalue weighted by Crippen LogP contribution is 2.39. The second-order valence-corrected chi connectivity index (χ2v) is 9.21. The lowest BCUT2D eigenvalue weighted by Crippen LogP contribution is -2.38. The molecule has 33 heavy (non-hydrogen) atoms. The number of halogens is 1. The van der Waals surface area contributed by atoms with Gasteiger partial charge in [-0.2, -0.15) is 5.10 Å². The molecule has 2 saturated carbocycles. The average molecular weight is 458 g/mol. The van der Waals surface area contributed by atoms with Crippen LogP contribution < -0.4 is 10.6 Å². The number of amides is 1. The van der Waals surface area contributed by atoms with Crippen LogP contribution in [0, 0.1) is 6.92 Å². The molecule has 0 unspecified atom stereocenters. The van der Waals surface area contributed by atoms with E-state index in [1.807, 2.05) is 30.5 Å². The third-order valence-electron chi connectivity index (χ3n) is 6.32. The molecular formula is C22H28FN7O3. The highest BCUT2D eigenvalue weighted by molar-refractivity contribution is 5.69. The summed E-state index contributed by atoms with van der Waals surface area (Å²) in [5, 5.41) is 13.2. The van der Waals surface area contributed by atoms with Crippen LogP contribution in [0.25, 0.3) is 5.65 Å². The van der Waals surface area contributed by atoms with Crippen LogP contribution in [0.5, 0.6) is 0 Å². The minimum absolute atomic E-state index is 0.195. The zero-order valence-corrected chi connectivity index (χ0v) is 18.9. The number of alkyl halides is 1. The van der Waals surface area contributed by atoms with E-state index in [1.165, 1.54) is 0 Å². The van der Waals surface area contributed by atoms with E-state index >= 15 is 4.39 Å². The van der Waals surface area contributed by atoms with Gasteiger partial charge in [0.25, 0.3) is 0 Å². The molecule has 1 amide bonds. The number of hydrogen-bond acceptors (Lipinski definition) is 7. The first-order valence-corrected chi connectivity index (χ1v) is 11.1. The number of H-pyrrole nitrogens is 1. The molecule has 10 nitrogen and oxygen atoms in total. The summed E-state index contributed by atoms with van der Waals surface area (Å²) in [5.41, 5.74) is 2.78. The van der Waals surface area contributed by atoms with Gasteiger partial charge in [0.15, 0.2) is 5.82 Å². The van der Waals surface area contributed by atoms with E-state index in [0.29, 0.717) is 36.9 Å². The molecule has 0 radical (unpaired) electrons. The molecule has 176 valence electrons.